The lowest BCUT2D eigenvalue weighted by molar-refractivity contribution is -0.0551. The number of nitrogens with zero attached hydrogens (tertiary/aromatic N) is 4. The third-order valence-corrected chi connectivity index (χ3v) is 4.29. The molecule has 11 nitrogen and oxygen atoms in total. The summed E-state index contributed by atoms with van der Waals surface area (Å²) >= 11 is 0. The average Bonchev–Trinajstić information content (AvgIpc) is 2.99. The maximum atomic E-state index is 10.8. The third-order valence-electron chi connectivity index (χ3n) is 3.81. The van der Waals surface area contributed by atoms with Gasteiger partial charge in [0.1, 0.15) is 31.1 Å². The van der Waals surface area contributed by atoms with Crippen molar-refractivity contribution >= 4 is 25.7 Å². The monoisotopic (exact) mass is 347 g/mol. The third kappa shape index (κ3) is 3.36. The molecule has 1 saturated heterocycles. The van der Waals surface area contributed by atoms with E-state index in [0.29, 0.717) is 11.5 Å². The topological polar surface area (TPSA) is 163 Å². The second-order valence-electron chi connectivity index (χ2n) is 5.68. The van der Waals surface area contributed by atoms with Gasteiger partial charge in [0.25, 0.3) is 0 Å². The SMILES string of the molecule is CC1(N)N=CN=C2C1=NCN2[C@H]1C[C@H](O)[C@@H](COP(=O)(O)O)O1. The molecule has 23 heavy (non-hydrogen) atoms. The van der Waals surface area contributed by atoms with Crippen LogP contribution in [-0.4, -0.2) is 75.1 Å². The van der Waals surface area contributed by atoms with E-state index >= 15 is 0 Å². The second kappa shape index (κ2) is 5.71. The van der Waals surface area contributed by atoms with Gasteiger partial charge in [-0.2, -0.15) is 0 Å². The van der Waals surface area contributed by atoms with Crippen LogP contribution in [0, 0.1) is 0 Å². The molecular formula is C11H18N5O6P. The standard InChI is InChI=1S/C11H18N5O6P/c1-11(12)9-10(13-4-15-11)16(5-14-9)8-2-6(17)7(22-8)3-21-23(18,19)20/h4,6-8,17H,2-3,5,12H2,1H3,(H2,18,19,20)/t6-,7+,8+,11?/m0/s1. The highest BCUT2D eigenvalue weighted by Gasteiger charge is 2.45. The summed E-state index contributed by atoms with van der Waals surface area (Å²) in [6.07, 6.45) is -0.726. The number of rotatable bonds is 4. The van der Waals surface area contributed by atoms with Gasteiger partial charge in [-0.1, -0.05) is 0 Å². The van der Waals surface area contributed by atoms with Crippen molar-refractivity contribution in [3.8, 4) is 0 Å². The average molecular weight is 347 g/mol. The number of aliphatic hydroxyl groups excluding tert-OH is 1. The molecule has 0 aromatic carbocycles. The van der Waals surface area contributed by atoms with E-state index in [0.717, 1.165) is 0 Å². The van der Waals surface area contributed by atoms with Gasteiger partial charge >= 0.3 is 7.82 Å². The largest absolute Gasteiger partial charge is 0.469 e. The van der Waals surface area contributed by atoms with E-state index in [9.17, 15) is 9.67 Å². The van der Waals surface area contributed by atoms with E-state index < -0.39 is 38.5 Å². The summed E-state index contributed by atoms with van der Waals surface area (Å²) in [5.41, 5.74) is 5.61. The Bertz CT molecular complexity index is 628. The molecule has 128 valence electrons. The molecule has 0 radical (unpaired) electrons. The first-order chi connectivity index (χ1) is 10.7. The highest BCUT2D eigenvalue weighted by molar-refractivity contribution is 7.46. The molecule has 12 heteroatoms. The lowest BCUT2D eigenvalue weighted by atomic mass is 10.1. The van der Waals surface area contributed by atoms with Gasteiger partial charge in [0.2, 0.25) is 0 Å². The fourth-order valence-electron chi connectivity index (χ4n) is 2.66. The molecule has 0 saturated carbocycles. The first kappa shape index (κ1) is 16.7. The van der Waals surface area contributed by atoms with E-state index in [2.05, 4.69) is 19.5 Å². The molecule has 3 aliphatic rings. The van der Waals surface area contributed by atoms with Crippen molar-refractivity contribution in [3.05, 3.63) is 0 Å². The summed E-state index contributed by atoms with van der Waals surface area (Å²) < 4.78 is 20.8. The van der Waals surface area contributed by atoms with Crippen molar-refractivity contribution in [2.45, 2.75) is 37.4 Å². The van der Waals surface area contributed by atoms with Crippen LogP contribution in [0.15, 0.2) is 15.0 Å². The number of phosphoric ester groups is 1. The molecule has 5 N–H and O–H groups in total. The Morgan fingerprint density at radius 3 is 3.04 bits per heavy atom. The van der Waals surface area contributed by atoms with Crippen LogP contribution < -0.4 is 5.73 Å². The highest BCUT2D eigenvalue weighted by atomic mass is 31.2. The van der Waals surface area contributed by atoms with Crippen LogP contribution in [0.25, 0.3) is 0 Å². The summed E-state index contributed by atoms with van der Waals surface area (Å²) in [4.78, 5) is 31.7. The first-order valence-electron chi connectivity index (χ1n) is 6.93. The van der Waals surface area contributed by atoms with E-state index in [-0.39, 0.29) is 13.1 Å². The Labute approximate surface area is 131 Å². The fourth-order valence-corrected chi connectivity index (χ4v) is 3.00. The number of aliphatic imine (C=N–C) groups is 3. The fraction of sp³-hybridized carbons (Fsp3) is 0.727. The summed E-state index contributed by atoms with van der Waals surface area (Å²) in [7, 11) is -4.62. The summed E-state index contributed by atoms with van der Waals surface area (Å²) in [6, 6.07) is 0. The van der Waals surface area contributed by atoms with Gasteiger partial charge in [-0.25, -0.2) is 14.5 Å². The molecule has 0 amide bonds. The number of fused-ring (bicyclic) bond motifs is 1. The van der Waals surface area contributed by atoms with E-state index in [1.165, 1.54) is 6.34 Å². The lowest BCUT2D eigenvalue weighted by Crippen LogP contribution is -2.52. The van der Waals surface area contributed by atoms with Crippen molar-refractivity contribution in [1.29, 1.82) is 0 Å². The predicted octanol–water partition coefficient (Wildman–Crippen LogP) is -1.60. The summed E-state index contributed by atoms with van der Waals surface area (Å²) in [6.45, 7) is 1.56. The Morgan fingerprint density at radius 1 is 1.61 bits per heavy atom. The molecule has 0 aliphatic carbocycles. The van der Waals surface area contributed by atoms with Crippen molar-refractivity contribution in [3.63, 3.8) is 0 Å². The van der Waals surface area contributed by atoms with Crippen LogP contribution in [0.1, 0.15) is 13.3 Å². The van der Waals surface area contributed by atoms with Crippen LogP contribution in [0.4, 0.5) is 0 Å². The lowest BCUT2D eigenvalue weighted by Gasteiger charge is -2.29. The van der Waals surface area contributed by atoms with Gasteiger partial charge in [0.15, 0.2) is 11.5 Å². The van der Waals surface area contributed by atoms with Crippen LogP contribution in [-0.2, 0) is 13.8 Å². The Hall–Kier alpha value is -1.20. The van der Waals surface area contributed by atoms with Crippen LogP contribution in [0.5, 0.6) is 0 Å². The van der Waals surface area contributed by atoms with E-state index in [1.807, 2.05) is 0 Å². The molecule has 1 unspecified atom stereocenters. The zero-order valence-electron chi connectivity index (χ0n) is 12.3. The highest BCUT2D eigenvalue weighted by Crippen LogP contribution is 2.37. The number of nitrogens with two attached hydrogens (primary N) is 1. The summed E-state index contributed by atoms with van der Waals surface area (Å²) in [5.74, 6) is 0.527. The minimum Gasteiger partial charge on any atom is -0.390 e. The molecule has 0 aromatic heterocycles. The molecule has 0 bridgehead atoms. The van der Waals surface area contributed by atoms with Crippen LogP contribution in [0.2, 0.25) is 0 Å². The van der Waals surface area contributed by atoms with Crippen LogP contribution >= 0.6 is 7.82 Å². The Balaban J connectivity index is 1.67. The van der Waals surface area contributed by atoms with Crippen molar-refractivity contribution in [2.24, 2.45) is 20.7 Å². The molecule has 3 rings (SSSR count). The van der Waals surface area contributed by atoms with Gasteiger partial charge in [0.05, 0.1) is 12.7 Å². The maximum Gasteiger partial charge on any atom is 0.469 e. The van der Waals surface area contributed by atoms with E-state index in [4.69, 9.17) is 20.3 Å². The van der Waals surface area contributed by atoms with Crippen LogP contribution in [0.3, 0.4) is 0 Å². The molecule has 0 aromatic rings. The minimum atomic E-state index is -4.62. The van der Waals surface area contributed by atoms with Gasteiger partial charge in [-0.05, 0) is 6.92 Å². The van der Waals surface area contributed by atoms with Gasteiger partial charge in [-0.15, -0.1) is 0 Å². The number of phosphoric acid groups is 1. The molecule has 4 atom stereocenters. The number of ether oxygens (including phenoxy) is 1. The minimum absolute atomic E-state index is 0.232. The van der Waals surface area contributed by atoms with Gasteiger partial charge < -0.3 is 30.3 Å². The second-order valence-corrected chi connectivity index (χ2v) is 6.92. The van der Waals surface area contributed by atoms with Gasteiger partial charge in [0, 0.05) is 6.42 Å². The zero-order valence-corrected chi connectivity index (χ0v) is 13.2. The molecular weight excluding hydrogens is 329 g/mol. The molecule has 3 aliphatic heterocycles. The normalized spacial score (nSPS) is 36.9. The number of aliphatic hydroxyl groups is 1. The predicted molar refractivity (Wildman–Crippen MR) is 79.9 cm³/mol. The summed E-state index contributed by atoms with van der Waals surface area (Å²) in [5, 5.41) is 10.0. The quantitative estimate of drug-likeness (QED) is 0.442. The first-order valence-corrected chi connectivity index (χ1v) is 8.46. The molecule has 3 heterocycles. The Kier molecular flexibility index (Phi) is 4.13. The molecule has 0 spiro atoms. The number of hydrogen-bond acceptors (Lipinski definition) is 9. The van der Waals surface area contributed by atoms with Crippen molar-refractivity contribution < 1.29 is 28.7 Å². The number of amidine groups is 1. The van der Waals surface area contributed by atoms with Gasteiger partial charge in [-0.3, -0.25) is 9.52 Å². The van der Waals surface area contributed by atoms with Crippen molar-refractivity contribution in [2.75, 3.05) is 13.3 Å². The maximum absolute atomic E-state index is 10.8. The molecule has 1 fully saturated rings. The Morgan fingerprint density at radius 2 is 2.35 bits per heavy atom. The smallest absolute Gasteiger partial charge is 0.390 e. The van der Waals surface area contributed by atoms with Crippen molar-refractivity contribution in [1.82, 2.24) is 4.90 Å². The van der Waals surface area contributed by atoms with E-state index in [1.54, 1.807) is 11.8 Å². The number of hydrogen-bond donors (Lipinski definition) is 4. The zero-order chi connectivity index (χ0) is 16.8.